The summed E-state index contributed by atoms with van der Waals surface area (Å²) in [7, 11) is 2.05. The molecule has 1 N–H and O–H groups in total. The number of amides is 2. The SMILES string of the molecule is CC(NC(=O)c1cccs1)C(=O)N1CCN(C)CC1. The molecule has 2 heterocycles. The lowest BCUT2D eigenvalue weighted by atomic mass is 10.2. The van der Waals surface area contributed by atoms with Crippen LogP contribution in [0.25, 0.3) is 0 Å². The van der Waals surface area contributed by atoms with Crippen LogP contribution in [0.4, 0.5) is 0 Å². The fourth-order valence-electron chi connectivity index (χ4n) is 2.04. The fourth-order valence-corrected chi connectivity index (χ4v) is 2.66. The molecule has 1 aliphatic heterocycles. The molecule has 19 heavy (non-hydrogen) atoms. The van der Waals surface area contributed by atoms with Crippen LogP contribution in [0.2, 0.25) is 0 Å². The Kier molecular flexibility index (Phi) is 4.55. The molecule has 1 unspecified atom stereocenters. The molecule has 6 heteroatoms. The van der Waals surface area contributed by atoms with Crippen molar-refractivity contribution in [3.8, 4) is 0 Å². The minimum absolute atomic E-state index is 0.00185. The van der Waals surface area contributed by atoms with Gasteiger partial charge in [-0.2, -0.15) is 0 Å². The summed E-state index contributed by atoms with van der Waals surface area (Å²) in [6.07, 6.45) is 0. The van der Waals surface area contributed by atoms with Gasteiger partial charge in [-0.05, 0) is 25.4 Å². The second-order valence-electron chi connectivity index (χ2n) is 4.80. The van der Waals surface area contributed by atoms with Gasteiger partial charge in [-0.25, -0.2) is 0 Å². The van der Waals surface area contributed by atoms with Crippen LogP contribution in [0.1, 0.15) is 16.6 Å². The molecular weight excluding hydrogens is 262 g/mol. The first-order valence-corrected chi connectivity index (χ1v) is 7.27. The average Bonchev–Trinajstić information content (AvgIpc) is 2.92. The topological polar surface area (TPSA) is 52.7 Å². The Hall–Kier alpha value is -1.40. The van der Waals surface area contributed by atoms with Gasteiger partial charge in [-0.1, -0.05) is 6.07 Å². The van der Waals surface area contributed by atoms with Gasteiger partial charge in [0.2, 0.25) is 5.91 Å². The minimum Gasteiger partial charge on any atom is -0.340 e. The molecule has 5 nitrogen and oxygen atoms in total. The number of nitrogens with zero attached hydrogens (tertiary/aromatic N) is 2. The standard InChI is InChI=1S/C13H19N3O2S/c1-10(14-12(17)11-4-3-9-19-11)13(18)16-7-5-15(2)6-8-16/h3-4,9-10H,5-8H2,1-2H3,(H,14,17). The van der Waals surface area contributed by atoms with E-state index in [1.165, 1.54) is 11.3 Å². The number of likely N-dealkylation sites (N-methyl/N-ethyl adjacent to an activating group) is 1. The minimum atomic E-state index is -0.474. The van der Waals surface area contributed by atoms with Crippen molar-refractivity contribution in [2.75, 3.05) is 33.2 Å². The van der Waals surface area contributed by atoms with Crippen LogP contribution in [0.3, 0.4) is 0 Å². The Morgan fingerprint density at radius 3 is 2.58 bits per heavy atom. The van der Waals surface area contributed by atoms with Crippen LogP contribution in [0, 0.1) is 0 Å². The van der Waals surface area contributed by atoms with Gasteiger partial charge in [0.25, 0.3) is 5.91 Å². The summed E-state index contributed by atoms with van der Waals surface area (Å²) >= 11 is 1.38. The van der Waals surface area contributed by atoms with E-state index in [1.54, 1.807) is 13.0 Å². The van der Waals surface area contributed by atoms with E-state index in [1.807, 2.05) is 23.4 Å². The van der Waals surface area contributed by atoms with Gasteiger partial charge in [-0.15, -0.1) is 11.3 Å². The summed E-state index contributed by atoms with van der Waals surface area (Å²) in [5.74, 6) is -0.178. The number of hydrogen-bond donors (Lipinski definition) is 1. The van der Waals surface area contributed by atoms with Crippen molar-refractivity contribution in [3.05, 3.63) is 22.4 Å². The molecule has 0 aliphatic carbocycles. The Balaban J connectivity index is 1.87. The van der Waals surface area contributed by atoms with Gasteiger partial charge in [0.1, 0.15) is 6.04 Å². The highest BCUT2D eigenvalue weighted by molar-refractivity contribution is 7.12. The van der Waals surface area contributed by atoms with E-state index in [0.29, 0.717) is 4.88 Å². The van der Waals surface area contributed by atoms with Crippen molar-refractivity contribution in [3.63, 3.8) is 0 Å². The van der Waals surface area contributed by atoms with Gasteiger partial charge in [-0.3, -0.25) is 9.59 Å². The summed E-state index contributed by atoms with van der Waals surface area (Å²) in [5, 5.41) is 4.61. The van der Waals surface area contributed by atoms with Crippen molar-refractivity contribution in [2.24, 2.45) is 0 Å². The molecule has 0 aromatic carbocycles. The van der Waals surface area contributed by atoms with Crippen molar-refractivity contribution < 1.29 is 9.59 Å². The normalized spacial score (nSPS) is 18.1. The van der Waals surface area contributed by atoms with Crippen LogP contribution in [0.5, 0.6) is 0 Å². The zero-order valence-corrected chi connectivity index (χ0v) is 12.1. The number of carbonyl (C=O) groups is 2. The van der Waals surface area contributed by atoms with Gasteiger partial charge in [0.05, 0.1) is 4.88 Å². The summed E-state index contributed by atoms with van der Waals surface area (Å²) in [6.45, 7) is 4.98. The van der Waals surface area contributed by atoms with Crippen LogP contribution in [0.15, 0.2) is 17.5 Å². The lowest BCUT2D eigenvalue weighted by molar-refractivity contribution is -0.134. The first kappa shape index (κ1) is 14.0. The van der Waals surface area contributed by atoms with Crippen molar-refractivity contribution in [1.82, 2.24) is 15.1 Å². The highest BCUT2D eigenvalue weighted by atomic mass is 32.1. The Morgan fingerprint density at radius 2 is 2.00 bits per heavy atom. The monoisotopic (exact) mass is 281 g/mol. The van der Waals surface area contributed by atoms with E-state index in [9.17, 15) is 9.59 Å². The van der Waals surface area contributed by atoms with E-state index in [4.69, 9.17) is 0 Å². The number of thiophene rings is 1. The number of rotatable bonds is 3. The van der Waals surface area contributed by atoms with Gasteiger partial charge in [0, 0.05) is 26.2 Å². The first-order chi connectivity index (χ1) is 9.08. The molecule has 1 saturated heterocycles. The molecule has 1 fully saturated rings. The number of hydrogen-bond acceptors (Lipinski definition) is 4. The molecule has 0 saturated carbocycles. The lowest BCUT2D eigenvalue weighted by Gasteiger charge is -2.34. The van der Waals surface area contributed by atoms with Crippen molar-refractivity contribution in [2.45, 2.75) is 13.0 Å². The zero-order chi connectivity index (χ0) is 13.8. The second kappa shape index (κ2) is 6.16. The number of carbonyl (C=O) groups excluding carboxylic acids is 2. The quantitative estimate of drug-likeness (QED) is 0.884. The lowest BCUT2D eigenvalue weighted by Crippen LogP contribution is -2.53. The molecule has 0 bridgehead atoms. The number of nitrogens with one attached hydrogen (secondary N) is 1. The molecule has 1 atom stereocenters. The molecule has 1 aromatic heterocycles. The zero-order valence-electron chi connectivity index (χ0n) is 11.3. The van der Waals surface area contributed by atoms with Crippen molar-refractivity contribution in [1.29, 1.82) is 0 Å². The van der Waals surface area contributed by atoms with Gasteiger partial charge < -0.3 is 15.1 Å². The molecule has 1 aromatic rings. The molecule has 2 rings (SSSR count). The highest BCUT2D eigenvalue weighted by Crippen LogP contribution is 2.09. The van der Waals surface area contributed by atoms with Crippen LogP contribution < -0.4 is 5.32 Å². The predicted molar refractivity (Wildman–Crippen MR) is 75.3 cm³/mol. The molecule has 0 radical (unpaired) electrons. The maximum atomic E-state index is 12.2. The second-order valence-corrected chi connectivity index (χ2v) is 5.75. The molecule has 2 amide bonds. The molecule has 1 aliphatic rings. The Labute approximate surface area is 117 Å². The summed E-state index contributed by atoms with van der Waals surface area (Å²) in [5.41, 5.74) is 0. The smallest absolute Gasteiger partial charge is 0.261 e. The summed E-state index contributed by atoms with van der Waals surface area (Å²) in [6, 6.07) is 3.11. The third-order valence-electron chi connectivity index (χ3n) is 3.28. The van der Waals surface area contributed by atoms with E-state index in [-0.39, 0.29) is 11.8 Å². The predicted octanol–water partition coefficient (Wildman–Crippen LogP) is 0.640. The average molecular weight is 281 g/mol. The van der Waals surface area contributed by atoms with Gasteiger partial charge in [0.15, 0.2) is 0 Å². The van der Waals surface area contributed by atoms with E-state index in [0.717, 1.165) is 26.2 Å². The Morgan fingerprint density at radius 1 is 1.32 bits per heavy atom. The van der Waals surface area contributed by atoms with E-state index >= 15 is 0 Å². The van der Waals surface area contributed by atoms with Gasteiger partial charge >= 0.3 is 0 Å². The third-order valence-corrected chi connectivity index (χ3v) is 4.15. The summed E-state index contributed by atoms with van der Waals surface area (Å²) < 4.78 is 0. The maximum absolute atomic E-state index is 12.2. The maximum Gasteiger partial charge on any atom is 0.261 e. The van der Waals surface area contributed by atoms with Crippen LogP contribution >= 0.6 is 11.3 Å². The number of piperazine rings is 1. The molecular formula is C13H19N3O2S. The third kappa shape index (κ3) is 3.54. The van der Waals surface area contributed by atoms with E-state index < -0.39 is 6.04 Å². The highest BCUT2D eigenvalue weighted by Gasteiger charge is 2.25. The Bertz CT molecular complexity index is 439. The van der Waals surface area contributed by atoms with Crippen molar-refractivity contribution >= 4 is 23.2 Å². The largest absolute Gasteiger partial charge is 0.340 e. The van der Waals surface area contributed by atoms with Crippen LogP contribution in [-0.2, 0) is 4.79 Å². The molecule has 104 valence electrons. The fraction of sp³-hybridized carbons (Fsp3) is 0.538. The molecule has 0 spiro atoms. The van der Waals surface area contributed by atoms with Crippen LogP contribution in [-0.4, -0.2) is 60.9 Å². The van der Waals surface area contributed by atoms with E-state index in [2.05, 4.69) is 10.2 Å². The first-order valence-electron chi connectivity index (χ1n) is 6.39. The summed E-state index contributed by atoms with van der Waals surface area (Å²) in [4.78, 5) is 28.7.